The molecular formula is C21H37N5O3S. The van der Waals surface area contributed by atoms with Gasteiger partial charge in [0.1, 0.15) is 0 Å². The maximum Gasteiger partial charge on any atom is 0.216 e. The molecule has 0 unspecified atom stereocenters. The van der Waals surface area contributed by atoms with E-state index in [9.17, 15) is 8.42 Å². The van der Waals surface area contributed by atoms with E-state index in [1.165, 1.54) is 0 Å². The molecule has 1 aromatic carbocycles. The fourth-order valence-corrected chi connectivity index (χ4v) is 4.51. The van der Waals surface area contributed by atoms with Crippen molar-refractivity contribution in [1.29, 1.82) is 0 Å². The summed E-state index contributed by atoms with van der Waals surface area (Å²) in [5.74, 6) is 0.856. The van der Waals surface area contributed by atoms with Crippen LogP contribution < -0.4 is 10.2 Å². The molecule has 0 amide bonds. The number of benzene rings is 1. The van der Waals surface area contributed by atoms with Crippen molar-refractivity contribution < 1.29 is 13.2 Å². The van der Waals surface area contributed by atoms with Crippen molar-refractivity contribution in [2.75, 3.05) is 64.1 Å². The van der Waals surface area contributed by atoms with Crippen LogP contribution in [0.3, 0.4) is 0 Å². The van der Waals surface area contributed by atoms with Gasteiger partial charge < -0.3 is 19.9 Å². The lowest BCUT2D eigenvalue weighted by atomic mass is 10.2. The van der Waals surface area contributed by atoms with Crippen LogP contribution in [0.5, 0.6) is 0 Å². The van der Waals surface area contributed by atoms with Gasteiger partial charge in [0, 0.05) is 52.5 Å². The van der Waals surface area contributed by atoms with E-state index in [-0.39, 0.29) is 18.5 Å². The molecule has 1 heterocycles. The van der Waals surface area contributed by atoms with Crippen LogP contribution in [0.25, 0.3) is 0 Å². The molecule has 1 N–H and O–H groups in total. The molecule has 1 fully saturated rings. The Hall–Kier alpha value is -1.84. The van der Waals surface area contributed by atoms with E-state index in [1.807, 2.05) is 40.9 Å². The summed E-state index contributed by atoms with van der Waals surface area (Å²) in [6, 6.07) is 8.32. The summed E-state index contributed by atoms with van der Waals surface area (Å²) in [5.41, 5.74) is 2.29. The largest absolute Gasteiger partial charge is 0.378 e. The molecule has 0 aliphatic carbocycles. The Bertz CT molecular complexity index is 788. The van der Waals surface area contributed by atoms with Crippen LogP contribution in [0.15, 0.2) is 29.3 Å². The smallest absolute Gasteiger partial charge is 0.216 e. The van der Waals surface area contributed by atoms with Crippen molar-refractivity contribution in [3.8, 4) is 0 Å². The standard InChI is InChI=1S/C21H37N5O3S/c1-6-22-21(23-17-19-8-7-9-20(16-19)24(4)5)25-10-12-26(13-11-25)30(27,28)15-14-29-18(2)3/h7-9,16,18H,6,10-15,17H2,1-5H3,(H,22,23). The molecule has 1 aliphatic rings. The van der Waals surface area contributed by atoms with E-state index in [0.29, 0.717) is 32.7 Å². The Labute approximate surface area is 181 Å². The van der Waals surface area contributed by atoms with Crippen LogP contribution in [-0.4, -0.2) is 88.9 Å². The highest BCUT2D eigenvalue weighted by molar-refractivity contribution is 7.89. The van der Waals surface area contributed by atoms with Crippen LogP contribution >= 0.6 is 0 Å². The first-order chi connectivity index (χ1) is 14.2. The zero-order valence-electron chi connectivity index (χ0n) is 19.0. The SMILES string of the molecule is CCNC(=NCc1cccc(N(C)C)c1)N1CCN(S(=O)(=O)CCOC(C)C)CC1. The van der Waals surface area contributed by atoms with Crippen LogP contribution in [0.1, 0.15) is 26.3 Å². The molecular weight excluding hydrogens is 402 g/mol. The van der Waals surface area contributed by atoms with Gasteiger partial charge in [-0.25, -0.2) is 13.4 Å². The Morgan fingerprint density at radius 1 is 1.23 bits per heavy atom. The average Bonchev–Trinajstić information content (AvgIpc) is 2.71. The Morgan fingerprint density at radius 2 is 1.93 bits per heavy atom. The van der Waals surface area contributed by atoms with E-state index >= 15 is 0 Å². The number of guanidine groups is 1. The topological polar surface area (TPSA) is 77.5 Å². The molecule has 0 spiro atoms. The first-order valence-corrected chi connectivity index (χ1v) is 12.2. The summed E-state index contributed by atoms with van der Waals surface area (Å²) < 4.78 is 32.1. The van der Waals surface area contributed by atoms with E-state index in [2.05, 4.69) is 33.3 Å². The van der Waals surface area contributed by atoms with Gasteiger partial charge in [0.05, 0.1) is 25.0 Å². The number of hydrogen-bond donors (Lipinski definition) is 1. The monoisotopic (exact) mass is 439 g/mol. The van der Waals surface area contributed by atoms with E-state index in [1.54, 1.807) is 4.31 Å². The zero-order valence-corrected chi connectivity index (χ0v) is 19.8. The van der Waals surface area contributed by atoms with Gasteiger partial charge in [-0.2, -0.15) is 4.31 Å². The van der Waals surface area contributed by atoms with E-state index in [4.69, 9.17) is 9.73 Å². The maximum atomic E-state index is 12.5. The molecule has 0 saturated carbocycles. The second-order valence-electron chi connectivity index (χ2n) is 7.86. The van der Waals surface area contributed by atoms with Crippen molar-refractivity contribution in [2.45, 2.75) is 33.4 Å². The van der Waals surface area contributed by atoms with Crippen molar-refractivity contribution in [3.63, 3.8) is 0 Å². The van der Waals surface area contributed by atoms with Gasteiger partial charge in [0.25, 0.3) is 0 Å². The Morgan fingerprint density at radius 3 is 2.53 bits per heavy atom. The predicted molar refractivity (Wildman–Crippen MR) is 124 cm³/mol. The lowest BCUT2D eigenvalue weighted by Gasteiger charge is -2.36. The normalized spacial score (nSPS) is 16.2. The van der Waals surface area contributed by atoms with Gasteiger partial charge >= 0.3 is 0 Å². The minimum atomic E-state index is -3.29. The van der Waals surface area contributed by atoms with Crippen molar-refractivity contribution in [2.24, 2.45) is 4.99 Å². The molecule has 8 nitrogen and oxygen atoms in total. The van der Waals surface area contributed by atoms with Crippen LogP contribution in [0.2, 0.25) is 0 Å². The molecule has 0 aromatic heterocycles. The van der Waals surface area contributed by atoms with Gasteiger partial charge in [0.15, 0.2) is 5.96 Å². The Kier molecular flexibility index (Phi) is 9.38. The van der Waals surface area contributed by atoms with Gasteiger partial charge in [-0.1, -0.05) is 12.1 Å². The number of rotatable bonds is 9. The third-order valence-electron chi connectivity index (χ3n) is 4.90. The molecule has 30 heavy (non-hydrogen) atoms. The lowest BCUT2D eigenvalue weighted by molar-refractivity contribution is 0.0904. The maximum absolute atomic E-state index is 12.5. The number of anilines is 1. The van der Waals surface area contributed by atoms with Gasteiger partial charge in [-0.15, -0.1) is 0 Å². The van der Waals surface area contributed by atoms with Gasteiger partial charge in [0.2, 0.25) is 10.0 Å². The first-order valence-electron chi connectivity index (χ1n) is 10.6. The predicted octanol–water partition coefficient (Wildman–Crippen LogP) is 1.59. The summed E-state index contributed by atoms with van der Waals surface area (Å²) >= 11 is 0. The van der Waals surface area contributed by atoms with Crippen LogP contribution in [0, 0.1) is 0 Å². The summed E-state index contributed by atoms with van der Waals surface area (Å²) in [6.45, 7) is 9.59. The summed E-state index contributed by atoms with van der Waals surface area (Å²) in [6.07, 6.45) is 0.0364. The zero-order chi connectivity index (χ0) is 22.1. The van der Waals surface area contributed by atoms with E-state index < -0.39 is 10.0 Å². The minimum Gasteiger partial charge on any atom is -0.378 e. The first kappa shape index (κ1) is 24.4. The molecule has 2 rings (SSSR count). The van der Waals surface area contributed by atoms with Gasteiger partial charge in [-0.3, -0.25) is 0 Å². The average molecular weight is 440 g/mol. The Balaban J connectivity index is 1.96. The third kappa shape index (κ3) is 7.45. The molecule has 9 heteroatoms. The molecule has 0 radical (unpaired) electrons. The highest BCUT2D eigenvalue weighted by atomic mass is 32.2. The number of ether oxygens (including phenoxy) is 1. The number of piperazine rings is 1. The number of nitrogens with one attached hydrogen (secondary N) is 1. The summed E-state index contributed by atoms with van der Waals surface area (Å²) in [4.78, 5) is 9.00. The summed E-state index contributed by atoms with van der Waals surface area (Å²) in [7, 11) is 0.754. The third-order valence-corrected chi connectivity index (χ3v) is 6.73. The molecule has 1 aliphatic heterocycles. The second-order valence-corrected chi connectivity index (χ2v) is 9.94. The van der Waals surface area contributed by atoms with Crippen molar-refractivity contribution >= 4 is 21.7 Å². The van der Waals surface area contributed by atoms with Crippen LogP contribution in [-0.2, 0) is 21.3 Å². The minimum absolute atomic E-state index is 0.0293. The van der Waals surface area contributed by atoms with Gasteiger partial charge in [-0.05, 0) is 38.5 Å². The fourth-order valence-electron chi connectivity index (χ4n) is 3.22. The van der Waals surface area contributed by atoms with Crippen molar-refractivity contribution in [3.05, 3.63) is 29.8 Å². The lowest BCUT2D eigenvalue weighted by Crippen LogP contribution is -2.54. The number of aliphatic imine (C=N–C) groups is 1. The van der Waals surface area contributed by atoms with E-state index in [0.717, 1.165) is 23.8 Å². The molecule has 0 atom stereocenters. The number of hydrogen-bond acceptors (Lipinski definition) is 5. The highest BCUT2D eigenvalue weighted by Crippen LogP contribution is 2.15. The molecule has 1 saturated heterocycles. The number of nitrogens with zero attached hydrogens (tertiary/aromatic N) is 4. The number of sulfonamides is 1. The highest BCUT2D eigenvalue weighted by Gasteiger charge is 2.28. The van der Waals surface area contributed by atoms with Crippen molar-refractivity contribution in [1.82, 2.24) is 14.5 Å². The summed E-state index contributed by atoms with van der Waals surface area (Å²) in [5, 5.41) is 3.34. The molecule has 1 aromatic rings. The quantitative estimate of drug-likeness (QED) is 0.465. The fraction of sp³-hybridized carbons (Fsp3) is 0.667. The molecule has 0 bridgehead atoms. The molecule has 170 valence electrons. The van der Waals surface area contributed by atoms with Crippen LogP contribution in [0.4, 0.5) is 5.69 Å². The second kappa shape index (κ2) is 11.5.